The molecule has 0 aliphatic carbocycles. The Hall–Kier alpha value is -0.490. The minimum absolute atomic E-state index is 0.111. The smallest absolute Gasteiger partial charge is 0.233 e. The fourth-order valence-corrected chi connectivity index (χ4v) is 0.621. The molecule has 14 heavy (non-hydrogen) atoms. The van der Waals surface area contributed by atoms with Gasteiger partial charge in [0.25, 0.3) is 0 Å². The predicted octanol–water partition coefficient (Wildman–Crippen LogP) is 3.87. The molecule has 0 aromatic heterocycles. The first-order valence-electron chi connectivity index (χ1n) is 3.57. The monoisotopic (exact) mass is 226 g/mol. The molecule has 0 amide bonds. The lowest BCUT2D eigenvalue weighted by molar-refractivity contribution is -0.327. The van der Waals surface area contributed by atoms with E-state index in [1.807, 2.05) is 0 Å². The van der Waals surface area contributed by atoms with E-state index in [1.165, 1.54) is 0 Å². The van der Waals surface area contributed by atoms with Crippen LogP contribution < -0.4 is 0 Å². The highest BCUT2D eigenvalue weighted by molar-refractivity contribution is 5.00. The van der Waals surface area contributed by atoms with Crippen LogP contribution in [-0.2, 0) is 0 Å². The van der Waals surface area contributed by atoms with E-state index in [2.05, 4.69) is 0 Å². The van der Waals surface area contributed by atoms with Crippen LogP contribution >= 0.6 is 0 Å². The second-order valence-corrected chi connectivity index (χ2v) is 3.62. The number of halogens is 7. The molecule has 0 aromatic rings. The molecule has 0 radical (unpaired) electrons. The number of alkyl halides is 7. The van der Waals surface area contributed by atoms with Gasteiger partial charge in [-0.15, -0.1) is 0 Å². The lowest BCUT2D eigenvalue weighted by Gasteiger charge is -2.39. The van der Waals surface area contributed by atoms with Crippen molar-refractivity contribution in [3.63, 3.8) is 0 Å². The zero-order chi connectivity index (χ0) is 12.0. The SMILES string of the molecule is CC(C)(C(F)(F)F)C(C)(F)C(F)(F)F. The van der Waals surface area contributed by atoms with E-state index in [1.54, 1.807) is 0 Å². The van der Waals surface area contributed by atoms with Gasteiger partial charge in [-0.1, -0.05) is 0 Å². The lowest BCUT2D eigenvalue weighted by atomic mass is 9.76. The molecule has 0 spiro atoms. The Morgan fingerprint density at radius 1 is 0.571 bits per heavy atom. The van der Waals surface area contributed by atoms with Gasteiger partial charge >= 0.3 is 12.4 Å². The van der Waals surface area contributed by atoms with Crippen molar-refractivity contribution in [1.29, 1.82) is 0 Å². The van der Waals surface area contributed by atoms with Crippen LogP contribution in [0.2, 0.25) is 0 Å². The van der Waals surface area contributed by atoms with Crippen molar-refractivity contribution in [2.45, 2.75) is 38.8 Å². The second kappa shape index (κ2) is 3.00. The number of hydrogen-bond donors (Lipinski definition) is 0. The Bertz CT molecular complexity index is 183. The van der Waals surface area contributed by atoms with Crippen molar-refractivity contribution in [3.05, 3.63) is 0 Å². The van der Waals surface area contributed by atoms with E-state index >= 15 is 0 Å². The van der Waals surface area contributed by atoms with Crippen LogP contribution in [0.1, 0.15) is 20.8 Å². The molecule has 0 N–H and O–H groups in total. The minimum atomic E-state index is -5.55. The molecule has 0 aromatic carbocycles. The van der Waals surface area contributed by atoms with Crippen LogP contribution in [0, 0.1) is 5.41 Å². The van der Waals surface area contributed by atoms with Crippen LogP contribution in [-0.4, -0.2) is 18.0 Å². The summed E-state index contributed by atoms with van der Waals surface area (Å²) < 4.78 is 85.3. The third kappa shape index (κ3) is 1.81. The first kappa shape index (κ1) is 13.5. The van der Waals surface area contributed by atoms with Gasteiger partial charge in [-0.05, 0) is 20.8 Å². The van der Waals surface area contributed by atoms with Gasteiger partial charge in [-0.25, -0.2) is 4.39 Å². The van der Waals surface area contributed by atoms with E-state index in [0.29, 0.717) is 0 Å². The summed E-state index contributed by atoms with van der Waals surface area (Å²) in [6.45, 7) is 0.251. The average molecular weight is 226 g/mol. The van der Waals surface area contributed by atoms with E-state index in [4.69, 9.17) is 0 Å². The average Bonchev–Trinajstić information content (AvgIpc) is 1.81. The van der Waals surface area contributed by atoms with Gasteiger partial charge in [-0.2, -0.15) is 26.3 Å². The molecule has 0 aliphatic rings. The molecule has 0 aliphatic heterocycles. The summed E-state index contributed by atoms with van der Waals surface area (Å²) in [6, 6.07) is 0. The minimum Gasteiger partial charge on any atom is -0.233 e. The molecule has 0 saturated carbocycles. The summed E-state index contributed by atoms with van der Waals surface area (Å²) in [5.41, 5.74) is -7.78. The van der Waals surface area contributed by atoms with Crippen molar-refractivity contribution < 1.29 is 30.7 Å². The third-order valence-corrected chi connectivity index (χ3v) is 2.41. The van der Waals surface area contributed by atoms with Crippen molar-refractivity contribution in [3.8, 4) is 0 Å². The highest BCUT2D eigenvalue weighted by atomic mass is 19.4. The number of hydrogen-bond acceptors (Lipinski definition) is 0. The second-order valence-electron chi connectivity index (χ2n) is 3.62. The normalized spacial score (nSPS) is 19.3. The Morgan fingerprint density at radius 2 is 0.857 bits per heavy atom. The van der Waals surface area contributed by atoms with Crippen molar-refractivity contribution in [2.75, 3.05) is 0 Å². The predicted molar refractivity (Wildman–Crippen MR) is 35.4 cm³/mol. The van der Waals surface area contributed by atoms with Crippen molar-refractivity contribution >= 4 is 0 Å². The molecule has 1 unspecified atom stereocenters. The zero-order valence-electron chi connectivity index (χ0n) is 7.65. The highest BCUT2D eigenvalue weighted by Gasteiger charge is 2.70. The van der Waals surface area contributed by atoms with Gasteiger partial charge in [0, 0.05) is 0 Å². The first-order chi connectivity index (χ1) is 5.75. The van der Waals surface area contributed by atoms with Gasteiger partial charge in [0.1, 0.15) is 5.41 Å². The summed E-state index contributed by atoms with van der Waals surface area (Å²) in [5.74, 6) is 0. The quantitative estimate of drug-likeness (QED) is 0.595. The Balaban J connectivity index is 5.30. The molecular weight excluding hydrogens is 217 g/mol. The topological polar surface area (TPSA) is 0 Å². The van der Waals surface area contributed by atoms with Crippen molar-refractivity contribution in [1.82, 2.24) is 0 Å². The maximum absolute atomic E-state index is 13.0. The first-order valence-corrected chi connectivity index (χ1v) is 3.57. The maximum Gasteiger partial charge on any atom is 0.423 e. The van der Waals surface area contributed by atoms with Crippen LogP contribution in [0.5, 0.6) is 0 Å². The van der Waals surface area contributed by atoms with Gasteiger partial charge in [0.05, 0.1) is 0 Å². The summed E-state index contributed by atoms with van der Waals surface area (Å²) >= 11 is 0. The Morgan fingerprint density at radius 3 is 0.929 bits per heavy atom. The lowest BCUT2D eigenvalue weighted by Crippen LogP contribution is -2.56. The summed E-state index contributed by atoms with van der Waals surface area (Å²) in [6.07, 6.45) is -10.8. The Labute approximate surface area is 76.1 Å². The van der Waals surface area contributed by atoms with E-state index in [0.717, 1.165) is 0 Å². The van der Waals surface area contributed by atoms with E-state index < -0.39 is 23.4 Å². The summed E-state index contributed by atoms with van der Waals surface area (Å²) in [7, 11) is 0. The summed E-state index contributed by atoms with van der Waals surface area (Å²) in [5, 5.41) is 0. The molecule has 0 bridgehead atoms. The van der Waals surface area contributed by atoms with Gasteiger partial charge in [0.2, 0.25) is 5.67 Å². The zero-order valence-corrected chi connectivity index (χ0v) is 7.65. The molecule has 1 atom stereocenters. The number of rotatable bonds is 1. The molecule has 0 fully saturated rings. The van der Waals surface area contributed by atoms with Crippen LogP contribution in [0.25, 0.3) is 0 Å². The largest absolute Gasteiger partial charge is 0.423 e. The molecule has 0 saturated heterocycles. The van der Waals surface area contributed by atoms with Gasteiger partial charge in [-0.3, -0.25) is 0 Å². The van der Waals surface area contributed by atoms with E-state index in [-0.39, 0.29) is 20.8 Å². The molecule has 0 heterocycles. The molecule has 86 valence electrons. The van der Waals surface area contributed by atoms with Gasteiger partial charge < -0.3 is 0 Å². The summed E-state index contributed by atoms with van der Waals surface area (Å²) in [4.78, 5) is 0. The molecule has 0 rings (SSSR count). The maximum atomic E-state index is 13.0. The standard InChI is InChI=1S/C7H9F7/c1-4(2,6(9,10)11)5(3,8)7(12,13)14/h1-3H3. The Kier molecular flexibility index (Phi) is 2.89. The van der Waals surface area contributed by atoms with Crippen LogP contribution in [0.15, 0.2) is 0 Å². The van der Waals surface area contributed by atoms with Crippen LogP contribution in [0.3, 0.4) is 0 Å². The molecular formula is C7H9F7. The highest BCUT2D eigenvalue weighted by Crippen LogP contribution is 2.54. The van der Waals surface area contributed by atoms with Crippen LogP contribution in [0.4, 0.5) is 30.7 Å². The fourth-order valence-electron chi connectivity index (χ4n) is 0.621. The fraction of sp³-hybridized carbons (Fsp3) is 1.00. The van der Waals surface area contributed by atoms with Crippen molar-refractivity contribution in [2.24, 2.45) is 5.41 Å². The third-order valence-electron chi connectivity index (χ3n) is 2.41. The van der Waals surface area contributed by atoms with Gasteiger partial charge in [0.15, 0.2) is 0 Å². The van der Waals surface area contributed by atoms with E-state index in [9.17, 15) is 30.7 Å². The molecule has 7 heteroatoms. The molecule has 0 nitrogen and oxygen atoms in total.